The lowest BCUT2D eigenvalue weighted by atomic mass is 10.1. The number of rotatable bonds is 1. The van der Waals surface area contributed by atoms with Crippen molar-refractivity contribution >= 4 is 27.3 Å². The fourth-order valence-electron chi connectivity index (χ4n) is 1.98. The van der Waals surface area contributed by atoms with Crippen molar-refractivity contribution in [2.24, 2.45) is 5.73 Å². The van der Waals surface area contributed by atoms with Crippen molar-refractivity contribution in [3.8, 4) is 0 Å². The summed E-state index contributed by atoms with van der Waals surface area (Å²) in [6, 6.07) is 0. The van der Waals surface area contributed by atoms with Crippen LogP contribution < -0.4 is 5.73 Å². The van der Waals surface area contributed by atoms with Gasteiger partial charge < -0.3 is 5.73 Å². The second-order valence-corrected chi connectivity index (χ2v) is 5.94. The van der Waals surface area contributed by atoms with Crippen LogP contribution in [0.1, 0.15) is 35.3 Å². The maximum atomic E-state index is 5.75. The molecule has 1 nitrogen and oxygen atoms in total. The predicted molar refractivity (Wildman–Crippen MR) is 61.2 cm³/mol. The van der Waals surface area contributed by atoms with E-state index >= 15 is 0 Å². The number of hydrogen-bond donors (Lipinski definition) is 1. The van der Waals surface area contributed by atoms with E-state index in [9.17, 15) is 0 Å². The summed E-state index contributed by atoms with van der Waals surface area (Å²) >= 11 is 5.49. The summed E-state index contributed by atoms with van der Waals surface area (Å²) in [5.41, 5.74) is 8.66. The average molecular weight is 260 g/mol. The Hall–Kier alpha value is 0.140. The van der Waals surface area contributed by atoms with Crippen LogP contribution in [0, 0.1) is 0 Å². The summed E-state index contributed by atoms with van der Waals surface area (Å²) in [5, 5.41) is 0. The Morgan fingerprint density at radius 2 is 2.00 bits per heavy atom. The van der Waals surface area contributed by atoms with E-state index in [-0.39, 0.29) is 0 Å². The van der Waals surface area contributed by atoms with Gasteiger partial charge in [-0.15, -0.1) is 11.3 Å². The van der Waals surface area contributed by atoms with Crippen molar-refractivity contribution in [2.75, 3.05) is 0 Å². The van der Waals surface area contributed by atoms with Gasteiger partial charge in [0, 0.05) is 11.4 Å². The third-order valence-electron chi connectivity index (χ3n) is 2.69. The molecule has 0 atom stereocenters. The molecule has 0 amide bonds. The van der Waals surface area contributed by atoms with E-state index in [1.54, 1.807) is 10.4 Å². The van der Waals surface area contributed by atoms with Gasteiger partial charge in [0.2, 0.25) is 0 Å². The topological polar surface area (TPSA) is 26.0 Å². The van der Waals surface area contributed by atoms with Crippen molar-refractivity contribution < 1.29 is 0 Å². The molecular weight excluding hydrogens is 246 g/mol. The molecule has 0 bridgehead atoms. The van der Waals surface area contributed by atoms with Crippen molar-refractivity contribution in [2.45, 2.75) is 38.6 Å². The van der Waals surface area contributed by atoms with Crippen LogP contribution in [-0.4, -0.2) is 0 Å². The zero-order chi connectivity index (χ0) is 9.26. The van der Waals surface area contributed by atoms with Gasteiger partial charge in [-0.1, -0.05) is 6.42 Å². The third kappa shape index (κ3) is 1.83. The molecule has 0 fully saturated rings. The van der Waals surface area contributed by atoms with E-state index in [0.717, 1.165) is 0 Å². The Labute approximate surface area is 91.5 Å². The number of nitrogens with two attached hydrogens (primary N) is 1. The highest BCUT2D eigenvalue weighted by atomic mass is 79.9. The highest BCUT2D eigenvalue weighted by Crippen LogP contribution is 2.36. The summed E-state index contributed by atoms with van der Waals surface area (Å²) in [6.45, 7) is 0.687. The lowest BCUT2D eigenvalue weighted by molar-refractivity contribution is 0.711. The van der Waals surface area contributed by atoms with Crippen LogP contribution in [0.25, 0.3) is 0 Å². The molecule has 1 aliphatic carbocycles. The Bertz CT molecular complexity index is 306. The van der Waals surface area contributed by atoms with Gasteiger partial charge in [0.15, 0.2) is 0 Å². The lowest BCUT2D eigenvalue weighted by Crippen LogP contribution is -2.00. The molecule has 1 aliphatic rings. The maximum Gasteiger partial charge on any atom is 0.0749 e. The molecule has 2 N–H and O–H groups in total. The van der Waals surface area contributed by atoms with Crippen molar-refractivity contribution in [1.82, 2.24) is 0 Å². The first-order chi connectivity index (χ1) is 6.33. The molecule has 13 heavy (non-hydrogen) atoms. The van der Waals surface area contributed by atoms with Gasteiger partial charge in [0.25, 0.3) is 0 Å². The first kappa shape index (κ1) is 9.69. The highest BCUT2D eigenvalue weighted by molar-refractivity contribution is 9.11. The van der Waals surface area contributed by atoms with Crippen molar-refractivity contribution in [3.63, 3.8) is 0 Å². The van der Waals surface area contributed by atoms with Crippen LogP contribution in [0.15, 0.2) is 3.79 Å². The zero-order valence-corrected chi connectivity index (χ0v) is 10.0. The first-order valence-corrected chi connectivity index (χ1v) is 6.43. The van der Waals surface area contributed by atoms with Crippen LogP contribution >= 0.6 is 27.3 Å². The number of hydrogen-bond acceptors (Lipinski definition) is 2. The fourth-order valence-corrected chi connectivity index (χ4v) is 4.11. The molecule has 0 saturated carbocycles. The molecular formula is C10H14BrNS. The quantitative estimate of drug-likeness (QED) is 0.771. The molecule has 1 aromatic heterocycles. The summed E-state index contributed by atoms with van der Waals surface area (Å²) < 4.78 is 1.27. The monoisotopic (exact) mass is 259 g/mol. The number of halogens is 1. The van der Waals surface area contributed by atoms with Gasteiger partial charge >= 0.3 is 0 Å². The van der Waals surface area contributed by atoms with Crippen molar-refractivity contribution in [3.05, 3.63) is 19.8 Å². The average Bonchev–Trinajstić information content (AvgIpc) is 2.32. The van der Waals surface area contributed by atoms with Crippen LogP contribution in [-0.2, 0) is 19.4 Å². The molecule has 0 spiro atoms. The van der Waals surface area contributed by atoms with Crippen LogP contribution in [0.3, 0.4) is 0 Å². The smallest absolute Gasteiger partial charge is 0.0749 e. The van der Waals surface area contributed by atoms with E-state index in [0.29, 0.717) is 6.54 Å². The second-order valence-electron chi connectivity index (χ2n) is 3.52. The Balaban J connectivity index is 2.41. The van der Waals surface area contributed by atoms with E-state index in [1.807, 2.05) is 11.3 Å². The predicted octanol–water partition coefficient (Wildman–Crippen LogP) is 3.24. The van der Waals surface area contributed by atoms with Gasteiger partial charge in [-0.05, 0) is 52.7 Å². The Kier molecular flexibility index (Phi) is 3.06. The molecule has 1 heterocycles. The maximum absolute atomic E-state index is 5.75. The van der Waals surface area contributed by atoms with Gasteiger partial charge in [0.05, 0.1) is 3.79 Å². The zero-order valence-electron chi connectivity index (χ0n) is 7.61. The van der Waals surface area contributed by atoms with Gasteiger partial charge in [-0.3, -0.25) is 0 Å². The summed E-state index contributed by atoms with van der Waals surface area (Å²) in [5.74, 6) is 0. The normalized spacial score (nSPS) is 16.8. The van der Waals surface area contributed by atoms with Crippen LogP contribution in [0.4, 0.5) is 0 Å². The van der Waals surface area contributed by atoms with E-state index in [1.165, 1.54) is 41.5 Å². The minimum atomic E-state index is 0.687. The van der Waals surface area contributed by atoms with E-state index in [2.05, 4.69) is 15.9 Å². The van der Waals surface area contributed by atoms with Gasteiger partial charge in [-0.2, -0.15) is 0 Å². The largest absolute Gasteiger partial charge is 0.326 e. The molecule has 72 valence electrons. The van der Waals surface area contributed by atoms with Crippen molar-refractivity contribution in [1.29, 1.82) is 0 Å². The summed E-state index contributed by atoms with van der Waals surface area (Å²) in [4.78, 5) is 1.57. The number of thiophene rings is 1. The summed E-state index contributed by atoms with van der Waals surface area (Å²) in [6.07, 6.45) is 6.57. The van der Waals surface area contributed by atoms with Crippen LogP contribution in [0.2, 0.25) is 0 Å². The molecule has 0 aromatic carbocycles. The lowest BCUT2D eigenvalue weighted by Gasteiger charge is -2.01. The fraction of sp³-hybridized carbons (Fsp3) is 0.600. The molecule has 0 radical (unpaired) electrons. The molecule has 0 saturated heterocycles. The SMILES string of the molecule is NCc1c(Br)sc2c1CCCCC2. The van der Waals surface area contributed by atoms with Gasteiger partial charge in [0.1, 0.15) is 0 Å². The van der Waals surface area contributed by atoms with E-state index in [4.69, 9.17) is 5.73 Å². The molecule has 2 rings (SSSR count). The first-order valence-electron chi connectivity index (χ1n) is 4.82. The Morgan fingerprint density at radius 3 is 2.77 bits per heavy atom. The van der Waals surface area contributed by atoms with Crippen LogP contribution in [0.5, 0.6) is 0 Å². The summed E-state index contributed by atoms with van der Waals surface area (Å²) in [7, 11) is 0. The molecule has 3 heteroatoms. The number of aryl methyl sites for hydroxylation is 1. The highest BCUT2D eigenvalue weighted by Gasteiger charge is 2.16. The minimum Gasteiger partial charge on any atom is -0.326 e. The standard InChI is InChI=1S/C10H14BrNS/c11-10-8(6-12)7-4-2-1-3-5-9(7)13-10/h1-6,12H2. The Morgan fingerprint density at radius 1 is 1.23 bits per heavy atom. The molecule has 1 aromatic rings. The molecule has 0 unspecified atom stereocenters. The van der Waals surface area contributed by atoms with Gasteiger partial charge in [-0.25, -0.2) is 0 Å². The minimum absolute atomic E-state index is 0.687. The third-order valence-corrected chi connectivity index (χ3v) is 4.77. The molecule has 0 aliphatic heterocycles. The second kappa shape index (κ2) is 4.11. The van der Waals surface area contributed by atoms with E-state index < -0.39 is 0 Å². The number of fused-ring (bicyclic) bond motifs is 1.